The van der Waals surface area contributed by atoms with E-state index in [0.717, 1.165) is 27.9 Å². The summed E-state index contributed by atoms with van der Waals surface area (Å²) < 4.78 is 12.3. The van der Waals surface area contributed by atoms with Gasteiger partial charge in [0.25, 0.3) is 0 Å². The molecule has 0 atom stereocenters. The van der Waals surface area contributed by atoms with E-state index in [-0.39, 0.29) is 5.91 Å². The Morgan fingerprint density at radius 1 is 1.20 bits per heavy atom. The molecule has 1 heterocycles. The number of nitrogens with one attached hydrogen (secondary N) is 1. The Hall–Kier alpha value is -1.79. The summed E-state index contributed by atoms with van der Waals surface area (Å²) in [5.74, 6) is -0.101. The molecule has 1 aromatic rings. The number of benzene rings is 1. The van der Waals surface area contributed by atoms with Gasteiger partial charge in [-0.25, -0.2) is 0 Å². The van der Waals surface area contributed by atoms with Crippen molar-refractivity contribution in [3.8, 4) is 0 Å². The van der Waals surface area contributed by atoms with E-state index in [1.807, 2.05) is 53.7 Å². The number of rotatable bonds is 4. The first-order valence-corrected chi connectivity index (χ1v) is 8.60. The lowest BCUT2D eigenvalue weighted by molar-refractivity contribution is -0.118. The smallest absolute Gasteiger partial charge is 0.400 e. The average Bonchev–Trinajstić information content (AvgIpc) is 2.68. The Labute approximate surface area is 151 Å². The number of carbonyl (C=O) groups excluding carboxylic acids is 1. The van der Waals surface area contributed by atoms with Crippen molar-refractivity contribution in [2.24, 2.45) is 0 Å². The van der Waals surface area contributed by atoms with Crippen molar-refractivity contribution in [3.63, 3.8) is 0 Å². The molecule has 6 heteroatoms. The minimum Gasteiger partial charge on any atom is -0.400 e. The van der Waals surface area contributed by atoms with E-state index in [1.54, 1.807) is 0 Å². The quantitative estimate of drug-likeness (QED) is 0.650. The molecule has 1 saturated heterocycles. The van der Waals surface area contributed by atoms with Crippen molar-refractivity contribution >= 4 is 24.8 Å². The highest BCUT2D eigenvalue weighted by molar-refractivity contribution is 6.56. The molecule has 0 saturated carbocycles. The van der Waals surface area contributed by atoms with Crippen molar-refractivity contribution < 1.29 is 14.1 Å². The maximum atomic E-state index is 11.4. The lowest BCUT2D eigenvalue weighted by Crippen LogP contribution is -2.41. The third kappa shape index (κ3) is 4.25. The van der Waals surface area contributed by atoms with Crippen molar-refractivity contribution in [1.29, 1.82) is 0 Å². The first kappa shape index (κ1) is 19.5. The van der Waals surface area contributed by atoms with Crippen LogP contribution in [0.2, 0.25) is 0 Å². The normalized spacial score (nSPS) is 19.2. The van der Waals surface area contributed by atoms with Crippen LogP contribution in [0.25, 0.3) is 6.08 Å². The van der Waals surface area contributed by atoms with Gasteiger partial charge in [0.05, 0.1) is 11.2 Å². The van der Waals surface area contributed by atoms with Crippen molar-refractivity contribution in [1.82, 2.24) is 5.32 Å². The molecule has 1 aliphatic rings. The van der Waals surface area contributed by atoms with Gasteiger partial charge in [-0.2, -0.15) is 0 Å². The summed E-state index contributed by atoms with van der Waals surface area (Å²) in [6.45, 7) is 13.9. The van der Waals surface area contributed by atoms with E-state index < -0.39 is 18.3 Å². The van der Waals surface area contributed by atoms with Gasteiger partial charge in [-0.15, -0.1) is 0 Å². The summed E-state index contributed by atoms with van der Waals surface area (Å²) in [4.78, 5) is 11.4. The molecule has 2 rings (SSSR count). The van der Waals surface area contributed by atoms with Crippen LogP contribution < -0.4 is 11.1 Å². The first-order valence-electron chi connectivity index (χ1n) is 8.60. The van der Waals surface area contributed by atoms with Crippen molar-refractivity contribution in [3.05, 3.63) is 34.3 Å². The Balaban J connectivity index is 2.42. The highest BCUT2D eigenvalue weighted by atomic mass is 16.7. The van der Waals surface area contributed by atoms with Crippen molar-refractivity contribution in [2.45, 2.75) is 59.7 Å². The van der Waals surface area contributed by atoms with E-state index in [0.29, 0.717) is 6.54 Å². The molecule has 5 nitrogen and oxygen atoms in total. The molecule has 3 N–H and O–H groups in total. The van der Waals surface area contributed by atoms with E-state index in [1.165, 1.54) is 6.92 Å². The minimum atomic E-state index is -0.530. The second-order valence-electron chi connectivity index (χ2n) is 7.80. The molecule has 0 spiro atoms. The second-order valence-corrected chi connectivity index (χ2v) is 7.80. The standard InChI is InChI=1S/C19H29BN2O3/c1-12-8-13(2)17(21)15(9-12)10-16(11-22-14(3)23)20-24-18(4,5)19(6,7)25-20/h8-10H,11,21H2,1-7H3,(H,22,23). The third-order valence-electron chi connectivity index (χ3n) is 5.00. The fraction of sp³-hybridized carbons (Fsp3) is 0.526. The Morgan fingerprint density at radius 2 is 1.76 bits per heavy atom. The van der Waals surface area contributed by atoms with Gasteiger partial charge in [0.15, 0.2) is 0 Å². The van der Waals surface area contributed by atoms with Crippen LogP contribution in [0.4, 0.5) is 5.69 Å². The Kier molecular flexibility index (Phi) is 5.35. The lowest BCUT2D eigenvalue weighted by Gasteiger charge is -2.32. The summed E-state index contributed by atoms with van der Waals surface area (Å²) in [6.07, 6.45) is 1.97. The molecule has 0 aliphatic carbocycles. The summed E-state index contributed by atoms with van der Waals surface area (Å²) in [5, 5.41) is 2.84. The highest BCUT2D eigenvalue weighted by Crippen LogP contribution is 2.39. The van der Waals surface area contributed by atoms with Crippen LogP contribution in [-0.4, -0.2) is 30.8 Å². The van der Waals surface area contributed by atoms with E-state index in [4.69, 9.17) is 15.0 Å². The number of nitrogen functional groups attached to an aromatic ring is 1. The highest BCUT2D eigenvalue weighted by Gasteiger charge is 2.52. The summed E-state index contributed by atoms with van der Waals surface area (Å²) >= 11 is 0. The SMILES string of the molecule is CC(=O)NCC(=Cc1cc(C)cc(C)c1N)B1OC(C)(C)C(C)(C)O1. The molecule has 0 aromatic heterocycles. The fourth-order valence-electron chi connectivity index (χ4n) is 2.75. The van der Waals surface area contributed by atoms with E-state index >= 15 is 0 Å². The number of hydrogen-bond donors (Lipinski definition) is 2. The number of anilines is 1. The van der Waals surface area contributed by atoms with Crippen LogP contribution in [0.1, 0.15) is 51.3 Å². The van der Waals surface area contributed by atoms with Crippen LogP contribution in [0.3, 0.4) is 0 Å². The van der Waals surface area contributed by atoms with Gasteiger partial charge in [-0.05, 0) is 64.2 Å². The molecule has 1 aromatic carbocycles. The van der Waals surface area contributed by atoms with Crippen LogP contribution in [0.15, 0.2) is 17.6 Å². The van der Waals surface area contributed by atoms with E-state index in [2.05, 4.69) is 11.4 Å². The number of carbonyl (C=O) groups is 1. The van der Waals surface area contributed by atoms with E-state index in [9.17, 15) is 4.79 Å². The molecule has 1 aliphatic heterocycles. The fourth-order valence-corrected chi connectivity index (χ4v) is 2.75. The maximum Gasteiger partial charge on any atom is 0.492 e. The molecule has 1 amide bonds. The molecular weight excluding hydrogens is 315 g/mol. The predicted molar refractivity (Wildman–Crippen MR) is 103 cm³/mol. The van der Waals surface area contributed by atoms with Gasteiger partial charge in [0, 0.05) is 19.2 Å². The molecule has 0 unspecified atom stereocenters. The molecule has 1 fully saturated rings. The second kappa shape index (κ2) is 6.85. The third-order valence-corrected chi connectivity index (χ3v) is 5.00. The number of amides is 1. The molecule has 0 radical (unpaired) electrons. The van der Waals surface area contributed by atoms with Gasteiger partial charge in [0.1, 0.15) is 0 Å². The topological polar surface area (TPSA) is 73.6 Å². The monoisotopic (exact) mass is 344 g/mol. The summed E-state index contributed by atoms with van der Waals surface area (Å²) in [7, 11) is -0.530. The molecular formula is C19H29BN2O3. The zero-order valence-corrected chi connectivity index (χ0v) is 16.3. The van der Waals surface area contributed by atoms with Crippen LogP contribution in [0, 0.1) is 13.8 Å². The lowest BCUT2D eigenvalue weighted by atomic mass is 9.76. The number of hydrogen-bond acceptors (Lipinski definition) is 4. The van der Waals surface area contributed by atoms with Crippen LogP contribution >= 0.6 is 0 Å². The van der Waals surface area contributed by atoms with Crippen LogP contribution in [0.5, 0.6) is 0 Å². The number of aryl methyl sites for hydroxylation is 2. The van der Waals surface area contributed by atoms with Gasteiger partial charge in [-0.3, -0.25) is 4.79 Å². The molecule has 25 heavy (non-hydrogen) atoms. The molecule has 0 bridgehead atoms. The van der Waals surface area contributed by atoms with Gasteiger partial charge in [0.2, 0.25) is 5.91 Å². The summed E-state index contributed by atoms with van der Waals surface area (Å²) in [6, 6.07) is 4.08. The first-order chi connectivity index (χ1) is 11.4. The average molecular weight is 344 g/mol. The maximum absolute atomic E-state index is 11.4. The zero-order valence-electron chi connectivity index (χ0n) is 16.3. The van der Waals surface area contributed by atoms with Gasteiger partial charge >= 0.3 is 7.12 Å². The zero-order chi connectivity index (χ0) is 19.0. The molecule has 136 valence electrons. The minimum absolute atomic E-state index is 0.101. The van der Waals surface area contributed by atoms with Gasteiger partial charge < -0.3 is 20.4 Å². The Morgan fingerprint density at radius 3 is 2.28 bits per heavy atom. The summed E-state index contributed by atoms with van der Waals surface area (Å²) in [5.41, 5.74) is 9.99. The number of nitrogens with two attached hydrogens (primary N) is 1. The van der Waals surface area contributed by atoms with Gasteiger partial charge in [-0.1, -0.05) is 17.7 Å². The predicted octanol–water partition coefficient (Wildman–Crippen LogP) is 3.04. The van der Waals surface area contributed by atoms with Crippen LogP contribution in [-0.2, 0) is 14.1 Å². The van der Waals surface area contributed by atoms with Crippen molar-refractivity contribution in [2.75, 3.05) is 12.3 Å². The largest absolute Gasteiger partial charge is 0.492 e. The Bertz CT molecular complexity index is 695.